The molecule has 0 radical (unpaired) electrons. The number of amides is 1. The third kappa shape index (κ3) is 3.39. The average Bonchev–Trinajstić information content (AvgIpc) is 2.35. The highest BCUT2D eigenvalue weighted by Crippen LogP contribution is 2.23. The average molecular weight is 336 g/mol. The maximum Gasteiger partial charge on any atom is 0.256 e. The predicted molar refractivity (Wildman–Crippen MR) is 85.3 cm³/mol. The summed E-state index contributed by atoms with van der Waals surface area (Å²) in [4.78, 5) is 13.0. The maximum absolute atomic E-state index is 12.2. The van der Waals surface area contributed by atoms with Crippen LogP contribution in [0.3, 0.4) is 0 Å². The number of nitrogens with one attached hydrogen (secondary N) is 1. The summed E-state index contributed by atoms with van der Waals surface area (Å²) in [6, 6.07) is 11.3. The first kappa shape index (κ1) is 14.2. The molecule has 4 heteroatoms. The molecule has 98 valence electrons. The standard InChI is InChI=1S/C15H14BrNOS/c1-9-3-6-14(10(2)7-9)17-15(18)12-8-11(19)4-5-13(12)16/h3-8,19H,1-2H3,(H,17,18). The fraction of sp³-hybridized carbons (Fsp3) is 0.133. The number of rotatable bonds is 2. The third-order valence-corrected chi connectivity index (χ3v) is 3.79. The van der Waals surface area contributed by atoms with Crippen LogP contribution in [0, 0.1) is 13.8 Å². The summed E-state index contributed by atoms with van der Waals surface area (Å²) in [5.41, 5.74) is 3.63. The molecule has 0 aliphatic heterocycles. The lowest BCUT2D eigenvalue weighted by atomic mass is 10.1. The van der Waals surface area contributed by atoms with Gasteiger partial charge in [-0.05, 0) is 59.6 Å². The van der Waals surface area contributed by atoms with Crippen LogP contribution in [0.4, 0.5) is 5.69 Å². The van der Waals surface area contributed by atoms with Crippen LogP contribution in [-0.2, 0) is 0 Å². The first-order chi connectivity index (χ1) is 8.97. The lowest BCUT2D eigenvalue weighted by molar-refractivity contribution is 0.102. The van der Waals surface area contributed by atoms with Crippen LogP contribution in [-0.4, -0.2) is 5.91 Å². The number of halogens is 1. The molecule has 1 amide bonds. The third-order valence-electron chi connectivity index (χ3n) is 2.82. The van der Waals surface area contributed by atoms with E-state index < -0.39 is 0 Å². The first-order valence-electron chi connectivity index (χ1n) is 5.84. The molecule has 2 aromatic rings. The van der Waals surface area contributed by atoms with E-state index in [1.807, 2.05) is 44.2 Å². The highest BCUT2D eigenvalue weighted by atomic mass is 79.9. The topological polar surface area (TPSA) is 29.1 Å². The fourth-order valence-corrected chi connectivity index (χ4v) is 2.46. The normalized spacial score (nSPS) is 10.3. The van der Waals surface area contributed by atoms with Crippen LogP contribution in [0.25, 0.3) is 0 Å². The number of hydrogen-bond donors (Lipinski definition) is 2. The molecule has 0 aliphatic rings. The van der Waals surface area contributed by atoms with Crippen molar-refractivity contribution in [3.05, 3.63) is 57.6 Å². The summed E-state index contributed by atoms with van der Waals surface area (Å²) in [5.74, 6) is -0.144. The smallest absolute Gasteiger partial charge is 0.256 e. The molecule has 0 bridgehead atoms. The van der Waals surface area contributed by atoms with Gasteiger partial charge in [0, 0.05) is 15.1 Å². The minimum atomic E-state index is -0.144. The molecule has 1 N–H and O–H groups in total. The zero-order valence-corrected chi connectivity index (χ0v) is 13.2. The van der Waals surface area contributed by atoms with Gasteiger partial charge in [-0.2, -0.15) is 0 Å². The Morgan fingerprint density at radius 1 is 1.16 bits per heavy atom. The molecule has 0 atom stereocenters. The van der Waals surface area contributed by atoms with E-state index in [2.05, 4.69) is 33.9 Å². The number of aryl methyl sites for hydroxylation is 2. The zero-order valence-electron chi connectivity index (χ0n) is 10.7. The summed E-state index contributed by atoms with van der Waals surface area (Å²) in [5, 5.41) is 2.92. The van der Waals surface area contributed by atoms with Gasteiger partial charge in [0.15, 0.2) is 0 Å². The second-order valence-corrected chi connectivity index (χ2v) is 5.81. The highest BCUT2D eigenvalue weighted by molar-refractivity contribution is 9.10. The summed E-state index contributed by atoms with van der Waals surface area (Å²) in [7, 11) is 0. The summed E-state index contributed by atoms with van der Waals surface area (Å²) < 4.78 is 0.757. The Balaban J connectivity index is 2.28. The van der Waals surface area contributed by atoms with Gasteiger partial charge in [-0.3, -0.25) is 4.79 Å². The summed E-state index contributed by atoms with van der Waals surface area (Å²) in [6.45, 7) is 4.01. The monoisotopic (exact) mass is 335 g/mol. The first-order valence-corrected chi connectivity index (χ1v) is 7.08. The Morgan fingerprint density at radius 2 is 1.89 bits per heavy atom. The van der Waals surface area contributed by atoms with E-state index in [1.165, 1.54) is 5.56 Å². The Hall–Kier alpha value is -1.26. The van der Waals surface area contributed by atoms with Crippen molar-refractivity contribution in [2.45, 2.75) is 18.7 Å². The van der Waals surface area contributed by atoms with Gasteiger partial charge in [-0.1, -0.05) is 17.7 Å². The Kier molecular flexibility index (Phi) is 4.32. The van der Waals surface area contributed by atoms with E-state index >= 15 is 0 Å². The summed E-state index contributed by atoms with van der Waals surface area (Å²) in [6.07, 6.45) is 0. The molecule has 0 saturated carbocycles. The van der Waals surface area contributed by atoms with Crippen molar-refractivity contribution in [1.29, 1.82) is 0 Å². The predicted octanol–water partition coefficient (Wildman–Crippen LogP) is 4.61. The lowest BCUT2D eigenvalue weighted by Gasteiger charge is -2.10. The van der Waals surface area contributed by atoms with Gasteiger partial charge < -0.3 is 5.32 Å². The van der Waals surface area contributed by atoms with Crippen LogP contribution < -0.4 is 5.32 Å². The molecule has 0 saturated heterocycles. The van der Waals surface area contributed by atoms with E-state index in [0.717, 1.165) is 20.6 Å². The van der Waals surface area contributed by atoms with Gasteiger partial charge in [0.2, 0.25) is 0 Å². The molecule has 0 spiro atoms. The molecule has 2 aromatic carbocycles. The van der Waals surface area contributed by atoms with Gasteiger partial charge >= 0.3 is 0 Å². The van der Waals surface area contributed by atoms with Crippen molar-refractivity contribution in [3.63, 3.8) is 0 Å². The van der Waals surface area contributed by atoms with Gasteiger partial charge in [-0.25, -0.2) is 0 Å². The van der Waals surface area contributed by atoms with Crippen LogP contribution in [0.5, 0.6) is 0 Å². The van der Waals surface area contributed by atoms with E-state index in [4.69, 9.17) is 0 Å². The van der Waals surface area contributed by atoms with Crippen molar-refractivity contribution in [3.8, 4) is 0 Å². The van der Waals surface area contributed by atoms with Gasteiger partial charge in [0.05, 0.1) is 5.56 Å². The number of carbonyl (C=O) groups excluding carboxylic acids is 1. The molecule has 2 nitrogen and oxygen atoms in total. The number of anilines is 1. The van der Waals surface area contributed by atoms with Crippen molar-refractivity contribution in [1.82, 2.24) is 0 Å². The fourth-order valence-electron chi connectivity index (χ4n) is 1.83. The van der Waals surface area contributed by atoms with Crippen molar-refractivity contribution in [2.75, 3.05) is 5.32 Å². The molecule has 19 heavy (non-hydrogen) atoms. The second kappa shape index (κ2) is 5.80. The number of thiol groups is 1. The minimum Gasteiger partial charge on any atom is -0.322 e. The quantitative estimate of drug-likeness (QED) is 0.771. The SMILES string of the molecule is Cc1ccc(NC(=O)c2cc(S)ccc2Br)c(C)c1. The number of benzene rings is 2. The molecular formula is C15H14BrNOS. The highest BCUT2D eigenvalue weighted by Gasteiger charge is 2.11. The van der Waals surface area contributed by atoms with E-state index in [-0.39, 0.29) is 5.91 Å². The maximum atomic E-state index is 12.2. The van der Waals surface area contributed by atoms with Crippen LogP contribution in [0.1, 0.15) is 21.5 Å². The largest absolute Gasteiger partial charge is 0.322 e. The van der Waals surface area contributed by atoms with Crippen molar-refractivity contribution in [2.24, 2.45) is 0 Å². The Labute approximate surface area is 126 Å². The van der Waals surface area contributed by atoms with Gasteiger partial charge in [0.25, 0.3) is 5.91 Å². The van der Waals surface area contributed by atoms with Crippen molar-refractivity contribution < 1.29 is 4.79 Å². The second-order valence-electron chi connectivity index (χ2n) is 4.44. The molecule has 0 aliphatic carbocycles. The van der Waals surface area contributed by atoms with Gasteiger partial charge in [0.1, 0.15) is 0 Å². The number of carbonyl (C=O) groups is 1. The van der Waals surface area contributed by atoms with Crippen LogP contribution >= 0.6 is 28.6 Å². The van der Waals surface area contributed by atoms with E-state index in [9.17, 15) is 4.79 Å². The minimum absolute atomic E-state index is 0.144. The Morgan fingerprint density at radius 3 is 2.58 bits per heavy atom. The molecule has 2 rings (SSSR count). The summed E-state index contributed by atoms with van der Waals surface area (Å²) >= 11 is 7.63. The molecule has 0 unspecified atom stereocenters. The Bertz CT molecular complexity index is 640. The van der Waals surface area contributed by atoms with E-state index in [1.54, 1.807) is 6.07 Å². The van der Waals surface area contributed by atoms with Gasteiger partial charge in [-0.15, -0.1) is 12.6 Å². The van der Waals surface area contributed by atoms with Crippen molar-refractivity contribution >= 4 is 40.2 Å². The molecule has 0 heterocycles. The zero-order chi connectivity index (χ0) is 14.0. The van der Waals surface area contributed by atoms with E-state index in [0.29, 0.717) is 5.56 Å². The molecule has 0 fully saturated rings. The van der Waals surface area contributed by atoms with Crippen LogP contribution in [0.2, 0.25) is 0 Å². The molecular weight excluding hydrogens is 322 g/mol. The number of hydrogen-bond acceptors (Lipinski definition) is 2. The lowest BCUT2D eigenvalue weighted by Crippen LogP contribution is -2.13. The molecule has 0 aromatic heterocycles. The van der Waals surface area contributed by atoms with Crippen LogP contribution in [0.15, 0.2) is 45.8 Å².